The summed E-state index contributed by atoms with van der Waals surface area (Å²) < 4.78 is 10.9. The summed E-state index contributed by atoms with van der Waals surface area (Å²) in [5.74, 6) is 0.298. The van der Waals surface area contributed by atoms with Crippen molar-refractivity contribution in [2.45, 2.75) is 26.9 Å². The molecule has 2 amide bonds. The molecule has 0 bridgehead atoms. The molecule has 0 spiro atoms. The standard InChI is InChI=1S/C19H22N2O4/c1-13-8-10-16(11-9-13)25-15(3)19(23)21-20-18(22)12-24-17-7-5-4-6-14(17)2/h4-11,15H,12H2,1-3H3,(H,20,22)(H,21,23). The molecule has 1 atom stereocenters. The number of aryl methyl sites for hydroxylation is 2. The van der Waals surface area contributed by atoms with Gasteiger partial charge in [-0.05, 0) is 44.5 Å². The van der Waals surface area contributed by atoms with Crippen LogP contribution in [0.5, 0.6) is 11.5 Å². The Labute approximate surface area is 147 Å². The Morgan fingerprint density at radius 2 is 1.68 bits per heavy atom. The molecule has 0 aliphatic rings. The predicted octanol–water partition coefficient (Wildman–Crippen LogP) is 2.30. The molecule has 0 aromatic heterocycles. The Hall–Kier alpha value is -3.02. The number of carbonyl (C=O) groups is 2. The van der Waals surface area contributed by atoms with E-state index in [2.05, 4.69) is 10.9 Å². The van der Waals surface area contributed by atoms with Gasteiger partial charge < -0.3 is 9.47 Å². The van der Waals surface area contributed by atoms with Crippen LogP contribution in [0.15, 0.2) is 48.5 Å². The highest BCUT2D eigenvalue weighted by atomic mass is 16.5. The van der Waals surface area contributed by atoms with E-state index in [0.717, 1.165) is 11.1 Å². The smallest absolute Gasteiger partial charge is 0.279 e. The second-order valence-corrected chi connectivity index (χ2v) is 5.66. The lowest BCUT2D eigenvalue weighted by molar-refractivity contribution is -0.133. The van der Waals surface area contributed by atoms with E-state index in [-0.39, 0.29) is 6.61 Å². The van der Waals surface area contributed by atoms with Gasteiger partial charge in [-0.1, -0.05) is 35.9 Å². The Bertz CT molecular complexity index is 728. The Kier molecular flexibility index (Phi) is 6.39. The minimum absolute atomic E-state index is 0.196. The van der Waals surface area contributed by atoms with Gasteiger partial charge in [0.25, 0.3) is 11.8 Å². The quantitative estimate of drug-likeness (QED) is 0.790. The van der Waals surface area contributed by atoms with Crippen LogP contribution in [0, 0.1) is 13.8 Å². The highest BCUT2D eigenvalue weighted by Crippen LogP contribution is 2.15. The number of hydrazine groups is 1. The summed E-state index contributed by atoms with van der Waals surface area (Å²) >= 11 is 0. The molecule has 0 aliphatic heterocycles. The third kappa shape index (κ3) is 5.84. The summed E-state index contributed by atoms with van der Waals surface area (Å²) in [6, 6.07) is 14.7. The molecule has 0 aliphatic carbocycles. The zero-order valence-corrected chi connectivity index (χ0v) is 14.5. The maximum Gasteiger partial charge on any atom is 0.279 e. The van der Waals surface area contributed by atoms with Crippen LogP contribution in [-0.4, -0.2) is 24.5 Å². The van der Waals surface area contributed by atoms with E-state index in [1.165, 1.54) is 0 Å². The molecule has 6 nitrogen and oxygen atoms in total. The summed E-state index contributed by atoms with van der Waals surface area (Å²) in [6.07, 6.45) is -0.750. The van der Waals surface area contributed by atoms with Crippen molar-refractivity contribution >= 4 is 11.8 Å². The van der Waals surface area contributed by atoms with E-state index >= 15 is 0 Å². The summed E-state index contributed by atoms with van der Waals surface area (Å²) in [5.41, 5.74) is 6.66. The Balaban J connectivity index is 1.74. The lowest BCUT2D eigenvalue weighted by atomic mass is 10.2. The van der Waals surface area contributed by atoms with E-state index in [0.29, 0.717) is 11.5 Å². The molecule has 2 aromatic carbocycles. The number of hydrogen-bond donors (Lipinski definition) is 2. The van der Waals surface area contributed by atoms with Crippen molar-refractivity contribution in [2.75, 3.05) is 6.61 Å². The average Bonchev–Trinajstić information content (AvgIpc) is 2.60. The fourth-order valence-corrected chi connectivity index (χ4v) is 2.01. The van der Waals surface area contributed by atoms with Crippen LogP contribution >= 0.6 is 0 Å². The first kappa shape index (κ1) is 18.3. The van der Waals surface area contributed by atoms with Crippen molar-refractivity contribution < 1.29 is 19.1 Å². The van der Waals surface area contributed by atoms with Crippen LogP contribution in [0.4, 0.5) is 0 Å². The molecular weight excluding hydrogens is 320 g/mol. The van der Waals surface area contributed by atoms with Crippen LogP contribution in [-0.2, 0) is 9.59 Å². The largest absolute Gasteiger partial charge is 0.483 e. The summed E-state index contributed by atoms with van der Waals surface area (Å²) in [6.45, 7) is 5.26. The number of hydrogen-bond acceptors (Lipinski definition) is 4. The first-order valence-corrected chi connectivity index (χ1v) is 7.96. The number of ether oxygens (including phenoxy) is 2. The fraction of sp³-hybridized carbons (Fsp3) is 0.263. The van der Waals surface area contributed by atoms with Gasteiger partial charge in [0.15, 0.2) is 12.7 Å². The van der Waals surface area contributed by atoms with Crippen molar-refractivity contribution in [3.63, 3.8) is 0 Å². The van der Waals surface area contributed by atoms with Gasteiger partial charge in [0, 0.05) is 0 Å². The molecule has 132 valence electrons. The predicted molar refractivity (Wildman–Crippen MR) is 94.2 cm³/mol. The van der Waals surface area contributed by atoms with E-state index in [1.54, 1.807) is 25.1 Å². The molecule has 1 unspecified atom stereocenters. The van der Waals surface area contributed by atoms with Gasteiger partial charge in [-0.3, -0.25) is 20.4 Å². The van der Waals surface area contributed by atoms with Gasteiger partial charge in [0.2, 0.25) is 0 Å². The highest BCUT2D eigenvalue weighted by molar-refractivity contribution is 5.85. The van der Waals surface area contributed by atoms with E-state index in [1.807, 2.05) is 44.2 Å². The minimum atomic E-state index is -0.750. The first-order valence-electron chi connectivity index (χ1n) is 7.96. The maximum atomic E-state index is 12.0. The molecule has 2 aromatic rings. The van der Waals surface area contributed by atoms with E-state index in [9.17, 15) is 9.59 Å². The summed E-state index contributed by atoms with van der Waals surface area (Å²) in [4.78, 5) is 23.7. The van der Waals surface area contributed by atoms with Gasteiger partial charge >= 0.3 is 0 Å². The van der Waals surface area contributed by atoms with Gasteiger partial charge in [-0.25, -0.2) is 0 Å². The number of rotatable bonds is 6. The van der Waals surface area contributed by atoms with Crippen molar-refractivity contribution in [3.8, 4) is 11.5 Å². The minimum Gasteiger partial charge on any atom is -0.483 e. The number of benzene rings is 2. The molecule has 0 fully saturated rings. The Morgan fingerprint density at radius 3 is 2.36 bits per heavy atom. The van der Waals surface area contributed by atoms with Crippen molar-refractivity contribution in [2.24, 2.45) is 0 Å². The SMILES string of the molecule is Cc1ccc(OC(C)C(=O)NNC(=O)COc2ccccc2C)cc1. The zero-order valence-electron chi connectivity index (χ0n) is 14.5. The first-order chi connectivity index (χ1) is 12.0. The third-order valence-electron chi connectivity index (χ3n) is 3.48. The van der Waals surface area contributed by atoms with Gasteiger partial charge in [-0.15, -0.1) is 0 Å². The number of nitrogens with one attached hydrogen (secondary N) is 2. The number of amides is 2. The maximum absolute atomic E-state index is 12.0. The van der Waals surface area contributed by atoms with Gasteiger partial charge in [-0.2, -0.15) is 0 Å². The van der Waals surface area contributed by atoms with E-state index in [4.69, 9.17) is 9.47 Å². The number of carbonyl (C=O) groups excluding carboxylic acids is 2. The lowest BCUT2D eigenvalue weighted by Crippen LogP contribution is -2.48. The third-order valence-corrected chi connectivity index (χ3v) is 3.48. The average molecular weight is 342 g/mol. The number of para-hydroxylation sites is 1. The second kappa shape index (κ2) is 8.73. The highest BCUT2D eigenvalue weighted by Gasteiger charge is 2.15. The van der Waals surface area contributed by atoms with Crippen molar-refractivity contribution in [1.29, 1.82) is 0 Å². The second-order valence-electron chi connectivity index (χ2n) is 5.66. The molecule has 0 saturated carbocycles. The van der Waals surface area contributed by atoms with Gasteiger partial charge in [0.1, 0.15) is 11.5 Å². The lowest BCUT2D eigenvalue weighted by Gasteiger charge is -2.15. The molecule has 6 heteroatoms. The topological polar surface area (TPSA) is 76.7 Å². The molecule has 0 radical (unpaired) electrons. The van der Waals surface area contributed by atoms with Gasteiger partial charge in [0.05, 0.1) is 0 Å². The molecule has 2 rings (SSSR count). The zero-order chi connectivity index (χ0) is 18.2. The summed E-state index contributed by atoms with van der Waals surface area (Å²) in [7, 11) is 0. The van der Waals surface area contributed by atoms with Crippen LogP contribution in [0.1, 0.15) is 18.1 Å². The van der Waals surface area contributed by atoms with Crippen LogP contribution in [0.2, 0.25) is 0 Å². The van der Waals surface area contributed by atoms with Crippen molar-refractivity contribution in [3.05, 3.63) is 59.7 Å². The van der Waals surface area contributed by atoms with Crippen molar-refractivity contribution in [1.82, 2.24) is 10.9 Å². The summed E-state index contributed by atoms with van der Waals surface area (Å²) in [5, 5.41) is 0. The van der Waals surface area contributed by atoms with Crippen LogP contribution < -0.4 is 20.3 Å². The molecule has 2 N–H and O–H groups in total. The fourth-order valence-electron chi connectivity index (χ4n) is 2.01. The van der Waals surface area contributed by atoms with Crippen LogP contribution in [0.3, 0.4) is 0 Å². The molecule has 0 saturated heterocycles. The molecular formula is C19H22N2O4. The van der Waals surface area contributed by atoms with Crippen LogP contribution in [0.25, 0.3) is 0 Å². The monoisotopic (exact) mass is 342 g/mol. The normalized spacial score (nSPS) is 11.3. The Morgan fingerprint density at radius 1 is 1.00 bits per heavy atom. The molecule has 25 heavy (non-hydrogen) atoms. The molecule has 0 heterocycles. The van der Waals surface area contributed by atoms with E-state index < -0.39 is 17.9 Å².